The molecule has 0 bridgehead atoms. The average molecular weight is 319 g/mol. The van der Waals surface area contributed by atoms with E-state index in [-0.39, 0.29) is 23.0 Å². The molecule has 0 radical (unpaired) electrons. The third-order valence-corrected chi connectivity index (χ3v) is 3.99. The number of hydrogen-bond acceptors (Lipinski definition) is 3. The zero-order valence-electron chi connectivity index (χ0n) is 10.5. The molecule has 21 heavy (non-hydrogen) atoms. The van der Waals surface area contributed by atoms with E-state index >= 15 is 0 Å². The third-order valence-electron chi connectivity index (χ3n) is 3.22. The number of hydrogen-bond donors (Lipinski definition) is 0. The Kier molecular flexibility index (Phi) is 3.52. The summed E-state index contributed by atoms with van der Waals surface area (Å²) in [4.78, 5) is 3.71. The Hall–Kier alpha value is -1.77. The molecule has 2 heterocycles. The summed E-state index contributed by atoms with van der Waals surface area (Å²) < 4.78 is 65.3. The van der Waals surface area contributed by atoms with Crippen LogP contribution in [-0.2, 0) is 10.8 Å². The van der Waals surface area contributed by atoms with E-state index < -0.39 is 40.7 Å². The maximum atomic E-state index is 13.9. The zero-order valence-corrected chi connectivity index (χ0v) is 11.3. The molecule has 112 valence electrons. The van der Waals surface area contributed by atoms with E-state index in [1.165, 1.54) is 0 Å². The first-order valence-corrected chi connectivity index (χ1v) is 7.32. The number of nitrogens with zero attached hydrogens (tertiary/aromatic N) is 3. The fourth-order valence-electron chi connectivity index (χ4n) is 2.35. The minimum atomic E-state index is -2.07. The van der Waals surface area contributed by atoms with Crippen LogP contribution in [-0.4, -0.2) is 25.0 Å². The summed E-state index contributed by atoms with van der Waals surface area (Å²) in [6, 6.07) is 0.904. The topological polar surface area (TPSA) is 47.8 Å². The summed E-state index contributed by atoms with van der Waals surface area (Å²) in [5.74, 6) is -1.69. The summed E-state index contributed by atoms with van der Waals surface area (Å²) in [6.07, 6.45) is -1.60. The van der Waals surface area contributed by atoms with Crippen LogP contribution in [0.3, 0.4) is 0 Å². The average Bonchev–Trinajstić information content (AvgIpc) is 2.98. The van der Waals surface area contributed by atoms with E-state index in [2.05, 4.69) is 10.1 Å². The van der Waals surface area contributed by atoms with Gasteiger partial charge in [-0.2, -0.15) is 0 Å². The Labute approximate surface area is 119 Å². The Morgan fingerprint density at radius 2 is 1.95 bits per heavy atom. The normalized spacial score (nSPS) is 22.3. The predicted octanol–water partition coefficient (Wildman–Crippen LogP) is 2.59. The van der Waals surface area contributed by atoms with Crippen molar-refractivity contribution in [3.05, 3.63) is 41.2 Å². The second-order valence-corrected chi connectivity index (χ2v) is 5.85. The highest BCUT2D eigenvalue weighted by Gasteiger charge is 2.36. The fourth-order valence-corrected chi connectivity index (χ4v) is 2.82. The van der Waals surface area contributed by atoms with Crippen molar-refractivity contribution < 1.29 is 21.8 Å². The SMILES string of the molecule is O=[S@](CF)c1nc2n(n1)[C@H](c1cc(F)cc(F)c1)C[C@@H]2F. The Balaban J connectivity index is 2.04. The Morgan fingerprint density at radius 3 is 2.57 bits per heavy atom. The number of alkyl halides is 2. The van der Waals surface area contributed by atoms with Gasteiger partial charge in [0.1, 0.15) is 22.4 Å². The van der Waals surface area contributed by atoms with Gasteiger partial charge in [0, 0.05) is 12.5 Å². The van der Waals surface area contributed by atoms with Gasteiger partial charge in [-0.05, 0) is 17.7 Å². The molecule has 9 heteroatoms. The minimum Gasteiger partial charge on any atom is -0.248 e. The first-order chi connectivity index (χ1) is 9.99. The molecule has 0 unspecified atom stereocenters. The smallest absolute Gasteiger partial charge is 0.241 e. The summed E-state index contributed by atoms with van der Waals surface area (Å²) in [7, 11) is -2.07. The van der Waals surface area contributed by atoms with Crippen LogP contribution in [0, 0.1) is 11.6 Å². The van der Waals surface area contributed by atoms with Crippen molar-refractivity contribution in [3.63, 3.8) is 0 Å². The summed E-state index contributed by atoms with van der Waals surface area (Å²) >= 11 is 0. The van der Waals surface area contributed by atoms with Crippen molar-refractivity contribution in [3.8, 4) is 0 Å². The van der Waals surface area contributed by atoms with Gasteiger partial charge < -0.3 is 0 Å². The van der Waals surface area contributed by atoms with Crippen molar-refractivity contribution in [2.75, 3.05) is 6.01 Å². The number of benzene rings is 1. The zero-order chi connectivity index (χ0) is 15.1. The molecular weight excluding hydrogens is 310 g/mol. The van der Waals surface area contributed by atoms with Crippen LogP contribution >= 0.6 is 0 Å². The van der Waals surface area contributed by atoms with Gasteiger partial charge in [-0.3, -0.25) is 0 Å². The molecular formula is C12H9F4N3OS. The van der Waals surface area contributed by atoms with Gasteiger partial charge in [0.05, 0.1) is 6.04 Å². The van der Waals surface area contributed by atoms with Gasteiger partial charge in [0.25, 0.3) is 0 Å². The Bertz CT molecular complexity index is 700. The van der Waals surface area contributed by atoms with Gasteiger partial charge in [-0.1, -0.05) is 0 Å². The van der Waals surface area contributed by atoms with Crippen LogP contribution in [0.4, 0.5) is 17.6 Å². The van der Waals surface area contributed by atoms with Gasteiger partial charge in [0.15, 0.2) is 18.0 Å². The van der Waals surface area contributed by atoms with Crippen LogP contribution in [0.5, 0.6) is 0 Å². The molecule has 0 amide bonds. The molecule has 0 aliphatic carbocycles. The van der Waals surface area contributed by atoms with E-state index in [0.717, 1.165) is 16.8 Å². The van der Waals surface area contributed by atoms with E-state index in [4.69, 9.17) is 0 Å². The molecule has 1 aliphatic heterocycles. The highest BCUT2D eigenvalue weighted by atomic mass is 32.2. The molecule has 1 aromatic heterocycles. The van der Waals surface area contributed by atoms with E-state index in [0.29, 0.717) is 6.07 Å². The lowest BCUT2D eigenvalue weighted by Gasteiger charge is -2.12. The Morgan fingerprint density at radius 1 is 1.29 bits per heavy atom. The summed E-state index contributed by atoms with van der Waals surface area (Å²) in [5.41, 5.74) is 0.191. The van der Waals surface area contributed by atoms with Crippen molar-refractivity contribution in [1.29, 1.82) is 0 Å². The van der Waals surface area contributed by atoms with Gasteiger partial charge >= 0.3 is 0 Å². The maximum absolute atomic E-state index is 13.9. The molecule has 3 rings (SSSR count). The van der Waals surface area contributed by atoms with E-state index in [1.807, 2.05) is 0 Å². The third kappa shape index (κ3) is 2.45. The standard InChI is InChI=1S/C12H9F4N3OS/c13-5-21(20)12-17-11-9(16)4-10(19(11)18-12)6-1-7(14)3-8(15)2-6/h1-3,9-10H,4-5H2/t9-,10-,21+/m0/s1. The van der Waals surface area contributed by atoms with Gasteiger partial charge in [-0.25, -0.2) is 31.4 Å². The predicted molar refractivity (Wildman–Crippen MR) is 65.4 cm³/mol. The van der Waals surface area contributed by atoms with Crippen molar-refractivity contribution >= 4 is 10.8 Å². The highest BCUT2D eigenvalue weighted by molar-refractivity contribution is 7.84. The quantitative estimate of drug-likeness (QED) is 0.817. The van der Waals surface area contributed by atoms with Crippen LogP contribution < -0.4 is 0 Å². The van der Waals surface area contributed by atoms with Crippen molar-refractivity contribution in [1.82, 2.24) is 14.8 Å². The van der Waals surface area contributed by atoms with Gasteiger partial charge in [0.2, 0.25) is 5.16 Å². The molecule has 2 aromatic rings. The van der Waals surface area contributed by atoms with Gasteiger partial charge in [-0.15, -0.1) is 5.10 Å². The molecule has 1 aromatic carbocycles. The number of fused-ring (bicyclic) bond motifs is 1. The lowest BCUT2D eigenvalue weighted by molar-refractivity contribution is 0.326. The molecule has 4 nitrogen and oxygen atoms in total. The number of aromatic nitrogens is 3. The molecule has 0 saturated heterocycles. The monoisotopic (exact) mass is 319 g/mol. The molecule has 0 fully saturated rings. The minimum absolute atomic E-state index is 0.0826. The summed E-state index contributed by atoms with van der Waals surface area (Å²) in [5, 5.41) is 3.49. The molecule has 0 N–H and O–H groups in total. The molecule has 0 spiro atoms. The van der Waals surface area contributed by atoms with E-state index in [1.54, 1.807) is 0 Å². The first kappa shape index (κ1) is 14.2. The lowest BCUT2D eigenvalue weighted by Crippen LogP contribution is -2.09. The lowest BCUT2D eigenvalue weighted by atomic mass is 10.0. The van der Waals surface area contributed by atoms with Crippen LogP contribution in [0.1, 0.15) is 30.0 Å². The molecule has 3 atom stereocenters. The molecule has 1 aliphatic rings. The fraction of sp³-hybridized carbons (Fsp3) is 0.333. The van der Waals surface area contributed by atoms with Crippen LogP contribution in [0.25, 0.3) is 0 Å². The number of halogens is 4. The van der Waals surface area contributed by atoms with Crippen molar-refractivity contribution in [2.45, 2.75) is 23.8 Å². The largest absolute Gasteiger partial charge is 0.248 e. The highest BCUT2D eigenvalue weighted by Crippen LogP contribution is 2.39. The van der Waals surface area contributed by atoms with Crippen LogP contribution in [0.15, 0.2) is 23.4 Å². The second kappa shape index (κ2) is 5.21. The van der Waals surface area contributed by atoms with Crippen molar-refractivity contribution in [2.24, 2.45) is 0 Å². The number of rotatable bonds is 3. The first-order valence-electron chi connectivity index (χ1n) is 6.00. The molecule has 0 saturated carbocycles. The summed E-state index contributed by atoms with van der Waals surface area (Å²) in [6.45, 7) is 0. The van der Waals surface area contributed by atoms with Crippen LogP contribution in [0.2, 0.25) is 0 Å². The van der Waals surface area contributed by atoms with E-state index in [9.17, 15) is 21.8 Å². The second-order valence-electron chi connectivity index (χ2n) is 4.57. The maximum Gasteiger partial charge on any atom is 0.241 e.